The van der Waals surface area contributed by atoms with Gasteiger partial charge in [-0.2, -0.15) is 11.3 Å². The molecule has 0 bridgehead atoms. The van der Waals surface area contributed by atoms with E-state index in [1.165, 1.54) is 5.56 Å². The average molecular weight is 313 g/mol. The molecule has 3 nitrogen and oxygen atoms in total. The van der Waals surface area contributed by atoms with Crippen molar-refractivity contribution in [3.63, 3.8) is 0 Å². The zero-order chi connectivity index (χ0) is 12.1. The molecule has 0 aromatic carbocycles. The highest BCUT2D eigenvalue weighted by atomic mass is 79.9. The van der Waals surface area contributed by atoms with Gasteiger partial charge < -0.3 is 10.0 Å². The van der Waals surface area contributed by atoms with E-state index < -0.39 is 0 Å². The zero-order valence-corrected chi connectivity index (χ0v) is 11.6. The smallest absolute Gasteiger partial charge is 0.128 e. The number of hydrogen-bond acceptors (Lipinski definition) is 4. The maximum absolute atomic E-state index is 9.11. The summed E-state index contributed by atoms with van der Waals surface area (Å²) in [5.74, 6) is 0.883. The van der Waals surface area contributed by atoms with Crippen molar-refractivity contribution in [3.05, 3.63) is 45.2 Å². The summed E-state index contributed by atoms with van der Waals surface area (Å²) < 4.78 is 0.959. The Bertz CT molecular complexity index is 444. The normalized spacial score (nSPS) is 10.5. The minimum Gasteiger partial charge on any atom is -0.395 e. The highest BCUT2D eigenvalue weighted by Crippen LogP contribution is 2.18. The van der Waals surface area contributed by atoms with Crippen molar-refractivity contribution in [3.8, 4) is 0 Å². The topological polar surface area (TPSA) is 36.4 Å². The molecule has 0 fully saturated rings. The molecule has 0 unspecified atom stereocenters. The maximum Gasteiger partial charge on any atom is 0.128 e. The fourth-order valence-corrected chi connectivity index (χ4v) is 2.45. The first kappa shape index (κ1) is 12.5. The number of aliphatic hydroxyl groups excluding tert-OH is 1. The van der Waals surface area contributed by atoms with Crippen LogP contribution in [0.25, 0.3) is 0 Å². The maximum atomic E-state index is 9.11. The Hall–Kier alpha value is -0.910. The lowest BCUT2D eigenvalue weighted by Gasteiger charge is -2.22. The second kappa shape index (κ2) is 6.14. The van der Waals surface area contributed by atoms with Crippen LogP contribution in [0.15, 0.2) is 39.6 Å². The van der Waals surface area contributed by atoms with Crippen molar-refractivity contribution in [1.29, 1.82) is 0 Å². The summed E-state index contributed by atoms with van der Waals surface area (Å²) in [4.78, 5) is 6.41. The third-order valence-electron chi connectivity index (χ3n) is 2.36. The van der Waals surface area contributed by atoms with Crippen LogP contribution >= 0.6 is 27.3 Å². The lowest BCUT2D eigenvalue weighted by Crippen LogP contribution is -2.26. The molecule has 2 aromatic rings. The predicted molar refractivity (Wildman–Crippen MR) is 74.4 cm³/mol. The number of hydrogen-bond donors (Lipinski definition) is 1. The van der Waals surface area contributed by atoms with E-state index in [1.807, 2.05) is 12.1 Å². The van der Waals surface area contributed by atoms with E-state index >= 15 is 0 Å². The van der Waals surface area contributed by atoms with Crippen molar-refractivity contribution >= 4 is 33.1 Å². The van der Waals surface area contributed by atoms with Gasteiger partial charge >= 0.3 is 0 Å². The Balaban J connectivity index is 2.13. The van der Waals surface area contributed by atoms with E-state index in [9.17, 15) is 0 Å². The number of aliphatic hydroxyl groups is 1. The molecule has 0 spiro atoms. The van der Waals surface area contributed by atoms with Crippen molar-refractivity contribution in [1.82, 2.24) is 4.98 Å². The SMILES string of the molecule is OCCN(Cc1ccsc1)c1ccc(Br)cn1. The quantitative estimate of drug-likeness (QED) is 0.922. The van der Waals surface area contributed by atoms with E-state index in [2.05, 4.69) is 42.6 Å². The van der Waals surface area contributed by atoms with Crippen molar-refractivity contribution < 1.29 is 5.11 Å². The molecule has 17 heavy (non-hydrogen) atoms. The molecule has 0 aliphatic carbocycles. The van der Waals surface area contributed by atoms with Gasteiger partial charge in [-0.25, -0.2) is 4.98 Å². The van der Waals surface area contributed by atoms with Gasteiger partial charge in [-0.05, 0) is 50.5 Å². The van der Waals surface area contributed by atoms with E-state index in [0.717, 1.165) is 16.8 Å². The Morgan fingerprint density at radius 1 is 1.35 bits per heavy atom. The van der Waals surface area contributed by atoms with Crippen molar-refractivity contribution in [2.75, 3.05) is 18.1 Å². The third-order valence-corrected chi connectivity index (χ3v) is 3.56. The summed E-state index contributed by atoms with van der Waals surface area (Å²) in [5, 5.41) is 13.3. The first-order valence-corrected chi connectivity index (χ1v) is 7.01. The lowest BCUT2D eigenvalue weighted by molar-refractivity contribution is 0.301. The molecule has 0 saturated carbocycles. The van der Waals surface area contributed by atoms with Crippen LogP contribution in [-0.4, -0.2) is 23.2 Å². The van der Waals surface area contributed by atoms with Gasteiger partial charge in [-0.3, -0.25) is 0 Å². The summed E-state index contributed by atoms with van der Waals surface area (Å²) in [6.45, 7) is 1.49. The first-order chi connectivity index (χ1) is 8.29. The molecule has 0 radical (unpaired) electrons. The largest absolute Gasteiger partial charge is 0.395 e. The van der Waals surface area contributed by atoms with E-state index in [1.54, 1.807) is 17.5 Å². The van der Waals surface area contributed by atoms with E-state index in [0.29, 0.717) is 6.54 Å². The van der Waals surface area contributed by atoms with Gasteiger partial charge in [0.1, 0.15) is 5.82 Å². The van der Waals surface area contributed by atoms with E-state index in [-0.39, 0.29) is 6.61 Å². The van der Waals surface area contributed by atoms with Gasteiger partial charge in [0.25, 0.3) is 0 Å². The average Bonchev–Trinajstić information content (AvgIpc) is 2.82. The molecule has 2 heterocycles. The number of rotatable bonds is 5. The minimum absolute atomic E-state index is 0.127. The molecule has 2 aromatic heterocycles. The summed E-state index contributed by atoms with van der Waals surface area (Å²) in [6, 6.07) is 6.00. The lowest BCUT2D eigenvalue weighted by atomic mass is 10.3. The second-order valence-corrected chi connectivity index (χ2v) is 5.31. The van der Waals surface area contributed by atoms with Gasteiger partial charge in [-0.15, -0.1) is 0 Å². The van der Waals surface area contributed by atoms with Crippen LogP contribution in [0.2, 0.25) is 0 Å². The number of nitrogens with zero attached hydrogens (tertiary/aromatic N) is 2. The van der Waals surface area contributed by atoms with Gasteiger partial charge in [0.05, 0.1) is 6.61 Å². The highest BCUT2D eigenvalue weighted by Gasteiger charge is 2.08. The zero-order valence-electron chi connectivity index (χ0n) is 9.21. The summed E-state index contributed by atoms with van der Waals surface area (Å²) in [6.07, 6.45) is 1.77. The molecule has 0 amide bonds. The van der Waals surface area contributed by atoms with E-state index in [4.69, 9.17) is 5.11 Å². The van der Waals surface area contributed by atoms with Crippen molar-refractivity contribution in [2.24, 2.45) is 0 Å². The van der Waals surface area contributed by atoms with Gasteiger partial charge in [0, 0.05) is 23.8 Å². The fourth-order valence-electron chi connectivity index (χ4n) is 1.55. The van der Waals surface area contributed by atoms with Crippen LogP contribution in [-0.2, 0) is 6.54 Å². The molecule has 1 N–H and O–H groups in total. The number of halogens is 1. The molecule has 0 atom stereocenters. The molecule has 0 aliphatic heterocycles. The predicted octanol–water partition coefficient (Wildman–Crippen LogP) is 2.90. The van der Waals surface area contributed by atoms with Crippen LogP contribution in [0.5, 0.6) is 0 Å². The number of anilines is 1. The fraction of sp³-hybridized carbons (Fsp3) is 0.250. The molecule has 0 saturated heterocycles. The molecule has 5 heteroatoms. The van der Waals surface area contributed by atoms with Gasteiger partial charge in [0.2, 0.25) is 0 Å². The third kappa shape index (κ3) is 3.52. The molecule has 2 rings (SSSR count). The van der Waals surface area contributed by atoms with Crippen LogP contribution in [0.4, 0.5) is 5.82 Å². The Labute approximate surface area is 113 Å². The Morgan fingerprint density at radius 2 is 2.24 bits per heavy atom. The van der Waals surface area contributed by atoms with Crippen LogP contribution < -0.4 is 4.90 Å². The first-order valence-electron chi connectivity index (χ1n) is 5.28. The van der Waals surface area contributed by atoms with Gasteiger partial charge in [0.15, 0.2) is 0 Å². The number of thiophene rings is 1. The van der Waals surface area contributed by atoms with Crippen LogP contribution in [0.1, 0.15) is 5.56 Å². The molecule has 0 aliphatic rings. The summed E-state index contributed by atoms with van der Waals surface area (Å²) >= 11 is 5.05. The standard InChI is InChI=1S/C12H13BrN2OS/c13-11-1-2-12(14-7-11)15(4-5-16)8-10-3-6-17-9-10/h1-3,6-7,9,16H,4-5,8H2. The Morgan fingerprint density at radius 3 is 2.82 bits per heavy atom. The monoisotopic (exact) mass is 312 g/mol. The summed E-state index contributed by atoms with van der Waals surface area (Å²) in [5.41, 5.74) is 1.24. The van der Waals surface area contributed by atoms with Crippen molar-refractivity contribution in [2.45, 2.75) is 6.54 Å². The van der Waals surface area contributed by atoms with Crippen LogP contribution in [0.3, 0.4) is 0 Å². The summed E-state index contributed by atoms with van der Waals surface area (Å²) in [7, 11) is 0. The number of pyridine rings is 1. The second-order valence-electron chi connectivity index (χ2n) is 3.61. The van der Waals surface area contributed by atoms with Crippen LogP contribution in [0, 0.1) is 0 Å². The Kier molecular flexibility index (Phi) is 4.53. The molecular weight excluding hydrogens is 300 g/mol. The van der Waals surface area contributed by atoms with Gasteiger partial charge in [-0.1, -0.05) is 0 Å². The number of aromatic nitrogens is 1. The highest BCUT2D eigenvalue weighted by molar-refractivity contribution is 9.10. The minimum atomic E-state index is 0.127. The molecular formula is C12H13BrN2OS. The molecule has 90 valence electrons.